The van der Waals surface area contributed by atoms with Crippen molar-refractivity contribution in [1.29, 1.82) is 0 Å². The number of carboxylic acid groups (broad SMARTS) is 1. The molecule has 1 aromatic heterocycles. The second kappa shape index (κ2) is 10.3. The number of rotatable bonds is 7. The lowest BCUT2D eigenvalue weighted by Crippen LogP contribution is -2.36. The number of hydrogen-bond acceptors (Lipinski definition) is 6. The Morgan fingerprint density at radius 1 is 1.13 bits per heavy atom. The van der Waals surface area contributed by atoms with Gasteiger partial charge in [0.1, 0.15) is 22.5 Å². The first-order chi connectivity index (χ1) is 18.3. The number of amides is 1. The molecule has 1 N–H and O–H groups in total. The molecule has 196 valence electrons. The van der Waals surface area contributed by atoms with Crippen molar-refractivity contribution in [3.05, 3.63) is 81.4 Å². The number of fused-ring (bicyclic) bond motifs is 2. The third kappa shape index (κ3) is 4.65. The van der Waals surface area contributed by atoms with Crippen LogP contribution in [-0.4, -0.2) is 57.6 Å². The van der Waals surface area contributed by atoms with Crippen LogP contribution >= 0.6 is 11.6 Å². The van der Waals surface area contributed by atoms with Gasteiger partial charge in [-0.25, -0.2) is 4.68 Å². The quantitative estimate of drug-likeness (QED) is 0.373. The minimum Gasteiger partial charge on any atom is -0.497 e. The van der Waals surface area contributed by atoms with Crippen LogP contribution in [0.3, 0.4) is 0 Å². The number of nitrogens with zero attached hydrogens (tertiary/aromatic N) is 4. The number of aryl methyl sites for hydroxylation is 1. The Morgan fingerprint density at radius 2 is 1.95 bits per heavy atom. The molecular formula is C28H27ClN4O5. The smallest absolute Gasteiger partial charge is 0.304 e. The lowest BCUT2D eigenvalue weighted by Gasteiger charge is -2.32. The number of aliphatic carboxylic acids is 1. The predicted molar refractivity (Wildman–Crippen MR) is 142 cm³/mol. The van der Waals surface area contributed by atoms with Crippen LogP contribution in [0.5, 0.6) is 11.5 Å². The lowest BCUT2D eigenvalue weighted by atomic mass is 9.82. The molecule has 0 bridgehead atoms. The maximum absolute atomic E-state index is 13.4. The van der Waals surface area contributed by atoms with Gasteiger partial charge in [-0.1, -0.05) is 35.0 Å². The van der Waals surface area contributed by atoms with Gasteiger partial charge in [0.05, 0.1) is 31.2 Å². The van der Waals surface area contributed by atoms with E-state index in [9.17, 15) is 14.7 Å². The fraction of sp³-hybridized carbons (Fsp3) is 0.286. The van der Waals surface area contributed by atoms with Gasteiger partial charge in [0.2, 0.25) is 0 Å². The molecule has 38 heavy (non-hydrogen) atoms. The van der Waals surface area contributed by atoms with Crippen molar-refractivity contribution in [2.45, 2.75) is 25.3 Å². The number of ether oxygens (including phenoxy) is 2. The van der Waals surface area contributed by atoms with Crippen molar-refractivity contribution < 1.29 is 24.2 Å². The maximum atomic E-state index is 13.4. The van der Waals surface area contributed by atoms with E-state index in [1.165, 1.54) is 0 Å². The second-order valence-corrected chi connectivity index (χ2v) is 9.67. The number of benzene rings is 3. The standard InChI is InChI=1S/C28H27ClN4O5/c1-32-27-24(30-31-32)11-17(12-25(27)38-3)21(14-26(34)35)20-6-4-5-16-15-33(10-9-19(16)20)28(36)22-13-18(37-2)7-8-23(22)29/h4-8,11-13,21H,9-10,14-15H2,1-3H3,(H,34,35). The predicted octanol–water partition coefficient (Wildman–Crippen LogP) is 4.44. The molecule has 1 atom stereocenters. The summed E-state index contributed by atoms with van der Waals surface area (Å²) >= 11 is 6.34. The summed E-state index contributed by atoms with van der Waals surface area (Å²) in [5.41, 5.74) is 5.49. The van der Waals surface area contributed by atoms with E-state index in [0.717, 1.165) is 27.8 Å². The molecule has 0 radical (unpaired) electrons. The fourth-order valence-electron chi connectivity index (χ4n) is 5.22. The number of carbonyl (C=O) groups excluding carboxylic acids is 1. The third-order valence-electron chi connectivity index (χ3n) is 7.06. The van der Waals surface area contributed by atoms with Gasteiger partial charge >= 0.3 is 5.97 Å². The first-order valence-electron chi connectivity index (χ1n) is 12.1. The summed E-state index contributed by atoms with van der Waals surface area (Å²) < 4.78 is 12.5. The van der Waals surface area contributed by atoms with Crippen molar-refractivity contribution in [3.63, 3.8) is 0 Å². The molecule has 0 spiro atoms. The third-order valence-corrected chi connectivity index (χ3v) is 7.39. The van der Waals surface area contributed by atoms with Crippen molar-refractivity contribution in [2.75, 3.05) is 20.8 Å². The summed E-state index contributed by atoms with van der Waals surface area (Å²) in [4.78, 5) is 27.1. The molecule has 0 aliphatic carbocycles. The Bertz CT molecular complexity index is 1550. The molecule has 1 amide bonds. The van der Waals surface area contributed by atoms with Gasteiger partial charge in [-0.15, -0.1) is 5.10 Å². The van der Waals surface area contributed by atoms with Crippen LogP contribution in [0, 0.1) is 0 Å². The minimum atomic E-state index is -0.911. The van der Waals surface area contributed by atoms with E-state index in [1.807, 2.05) is 30.3 Å². The molecule has 3 aromatic carbocycles. The first-order valence-corrected chi connectivity index (χ1v) is 12.5. The molecule has 2 heterocycles. The summed E-state index contributed by atoms with van der Waals surface area (Å²) in [5.74, 6) is -0.379. The van der Waals surface area contributed by atoms with Crippen LogP contribution in [0.25, 0.3) is 11.0 Å². The SMILES string of the molecule is COc1ccc(Cl)c(C(=O)N2CCc3c(cccc3C(CC(=O)O)c3cc(OC)c4c(c3)nnn4C)C2)c1. The summed E-state index contributed by atoms with van der Waals surface area (Å²) in [6, 6.07) is 14.6. The summed E-state index contributed by atoms with van der Waals surface area (Å²) in [5, 5.41) is 18.5. The Kier molecular flexibility index (Phi) is 6.94. The van der Waals surface area contributed by atoms with Gasteiger partial charge in [-0.2, -0.15) is 0 Å². The molecule has 0 saturated carbocycles. The average molecular weight is 535 g/mol. The van der Waals surface area contributed by atoms with E-state index < -0.39 is 11.9 Å². The highest BCUT2D eigenvalue weighted by atomic mass is 35.5. The number of carboxylic acids is 1. The molecule has 1 unspecified atom stereocenters. The van der Waals surface area contributed by atoms with Gasteiger partial charge in [-0.3, -0.25) is 9.59 Å². The Balaban J connectivity index is 1.52. The zero-order valence-electron chi connectivity index (χ0n) is 21.3. The van der Waals surface area contributed by atoms with Crippen LogP contribution < -0.4 is 9.47 Å². The molecule has 1 aliphatic rings. The van der Waals surface area contributed by atoms with E-state index in [2.05, 4.69) is 10.3 Å². The van der Waals surface area contributed by atoms with Gasteiger partial charge in [-0.05, 0) is 59.0 Å². The summed E-state index contributed by atoms with van der Waals surface area (Å²) in [7, 11) is 4.90. The van der Waals surface area contributed by atoms with Crippen molar-refractivity contribution in [1.82, 2.24) is 19.9 Å². The normalized spacial score (nSPS) is 13.7. The van der Waals surface area contributed by atoms with Gasteiger partial charge in [0.25, 0.3) is 5.91 Å². The topological polar surface area (TPSA) is 107 Å². The lowest BCUT2D eigenvalue weighted by molar-refractivity contribution is -0.137. The minimum absolute atomic E-state index is 0.104. The molecule has 0 fully saturated rings. The number of aromatic nitrogens is 3. The van der Waals surface area contributed by atoms with Crippen LogP contribution in [0.4, 0.5) is 0 Å². The highest BCUT2D eigenvalue weighted by molar-refractivity contribution is 6.33. The molecule has 9 nitrogen and oxygen atoms in total. The van der Waals surface area contributed by atoms with Crippen LogP contribution in [0.2, 0.25) is 5.02 Å². The van der Waals surface area contributed by atoms with Gasteiger partial charge < -0.3 is 19.5 Å². The summed E-state index contributed by atoms with van der Waals surface area (Å²) in [6.45, 7) is 0.866. The number of hydrogen-bond donors (Lipinski definition) is 1. The Hall–Kier alpha value is -4.11. The molecule has 5 rings (SSSR count). The monoisotopic (exact) mass is 534 g/mol. The largest absolute Gasteiger partial charge is 0.497 e. The number of methoxy groups -OCH3 is 2. The first kappa shape index (κ1) is 25.5. The zero-order chi connectivity index (χ0) is 27.0. The summed E-state index contributed by atoms with van der Waals surface area (Å²) in [6.07, 6.45) is 0.479. The fourth-order valence-corrected chi connectivity index (χ4v) is 5.42. The average Bonchev–Trinajstić information content (AvgIpc) is 3.31. The Morgan fingerprint density at radius 3 is 2.68 bits per heavy atom. The van der Waals surface area contributed by atoms with E-state index in [-0.39, 0.29) is 12.3 Å². The van der Waals surface area contributed by atoms with Crippen LogP contribution in [-0.2, 0) is 24.8 Å². The maximum Gasteiger partial charge on any atom is 0.304 e. The highest BCUT2D eigenvalue weighted by Gasteiger charge is 2.29. The molecular weight excluding hydrogens is 508 g/mol. The van der Waals surface area contributed by atoms with Crippen molar-refractivity contribution >= 4 is 34.5 Å². The van der Waals surface area contributed by atoms with Crippen molar-refractivity contribution in [3.8, 4) is 11.5 Å². The van der Waals surface area contributed by atoms with E-state index in [0.29, 0.717) is 47.1 Å². The molecule has 4 aromatic rings. The second-order valence-electron chi connectivity index (χ2n) is 9.26. The Labute approximate surface area is 224 Å². The van der Waals surface area contributed by atoms with E-state index >= 15 is 0 Å². The number of carbonyl (C=O) groups is 2. The zero-order valence-corrected chi connectivity index (χ0v) is 22.0. The van der Waals surface area contributed by atoms with E-state index in [1.54, 1.807) is 49.0 Å². The molecule has 10 heteroatoms. The highest BCUT2D eigenvalue weighted by Crippen LogP contribution is 2.38. The molecule has 0 saturated heterocycles. The molecule has 1 aliphatic heterocycles. The van der Waals surface area contributed by atoms with E-state index in [4.69, 9.17) is 21.1 Å². The van der Waals surface area contributed by atoms with Crippen molar-refractivity contribution in [2.24, 2.45) is 7.05 Å². The van der Waals surface area contributed by atoms with Crippen LogP contribution in [0.15, 0.2) is 48.5 Å². The van der Waals surface area contributed by atoms with Gasteiger partial charge in [0, 0.05) is 26.1 Å². The van der Waals surface area contributed by atoms with Crippen LogP contribution in [0.1, 0.15) is 45.0 Å². The number of halogens is 1. The van der Waals surface area contributed by atoms with Gasteiger partial charge in [0.15, 0.2) is 0 Å².